The molecular weight excluding hydrogens is 1360 g/mol. The second-order valence-electron chi connectivity index (χ2n) is 24.4. The Hall–Kier alpha value is -9.08. The molecule has 5 N–H and O–H groups in total. The molecule has 4 rings (SSSR count). The third-order valence-corrected chi connectivity index (χ3v) is 20.2. The van der Waals surface area contributed by atoms with Crippen LogP contribution in [0.3, 0.4) is 0 Å². The third kappa shape index (κ3) is 28.2. The van der Waals surface area contributed by atoms with Gasteiger partial charge in [-0.05, 0) is 174 Å². The summed E-state index contributed by atoms with van der Waals surface area (Å²) in [4.78, 5) is 165. The van der Waals surface area contributed by atoms with Gasteiger partial charge in [0.25, 0.3) is 0 Å². The van der Waals surface area contributed by atoms with Crippen molar-refractivity contribution >= 4 is 104 Å². The summed E-state index contributed by atoms with van der Waals surface area (Å²) in [5, 5.41) is 13.6. The van der Waals surface area contributed by atoms with Crippen molar-refractivity contribution < 1.29 is 113 Å². The quantitative estimate of drug-likeness (QED) is 0.0136. The van der Waals surface area contributed by atoms with Crippen molar-refractivity contribution in [3.63, 3.8) is 0 Å². The molecule has 103 heavy (non-hydrogen) atoms. The van der Waals surface area contributed by atoms with Gasteiger partial charge >= 0.3 is 80.9 Å². The standard InChI is InChI=1S/C70H106N8O24Si/c1-14-59(79)100-36-34-71-66(86)77(57(64(84)98-19-6)42-61(81)95-16-3)52-30-24-48(25-31-52)38-49-26-32-53(33-27-49)78(58(65(85)99-20-7)43-62(82)96-17-4)68(88)73-51-29-23-46(9)55(40-51)75-70(90)102-47(10)44-101-69(89)74-54-39-50(28-22-45(54)8)72-67(87)76(35-21-37-103(91-11,92-12)93-13)56(63(83)97-18-5)41-60(80)94-15-2/h14,22-23,28-29,39-40,47-49,52-53,56-58H,1,15-21,24-27,30-38,41-44H2,2-13H3,(H,71,86)(H,72,87)(H,73,88)(H,74,89)(H,75,90). The minimum absolute atomic E-state index is 0.00703. The molecule has 2 aliphatic rings. The van der Waals surface area contributed by atoms with Crippen LogP contribution in [0.4, 0.5) is 46.7 Å². The molecule has 2 aromatic carbocycles. The zero-order valence-corrected chi connectivity index (χ0v) is 62.5. The summed E-state index contributed by atoms with van der Waals surface area (Å²) in [6.45, 7) is 17.3. The number of esters is 7. The number of anilines is 4. The summed E-state index contributed by atoms with van der Waals surface area (Å²) in [6, 6.07) is 2.38. The van der Waals surface area contributed by atoms with Gasteiger partial charge in [0, 0.05) is 74.8 Å². The van der Waals surface area contributed by atoms with Gasteiger partial charge in [-0.1, -0.05) is 18.7 Å². The van der Waals surface area contributed by atoms with Crippen LogP contribution in [0.5, 0.6) is 0 Å². The molecule has 33 heteroatoms. The summed E-state index contributed by atoms with van der Waals surface area (Å²) in [7, 11) is 1.19. The maximum Gasteiger partial charge on any atom is 0.500 e. The van der Waals surface area contributed by atoms with Crippen LogP contribution in [0, 0.1) is 25.7 Å². The minimum Gasteiger partial charge on any atom is -0.466 e. The van der Waals surface area contributed by atoms with E-state index in [1.54, 1.807) is 79.7 Å². The fraction of sp³-hybridized carbons (Fsp3) is 0.629. The van der Waals surface area contributed by atoms with Crippen LogP contribution in [0.2, 0.25) is 6.04 Å². The van der Waals surface area contributed by atoms with Crippen LogP contribution in [0.15, 0.2) is 49.1 Å². The van der Waals surface area contributed by atoms with Gasteiger partial charge in [-0.2, -0.15) is 0 Å². The number of aryl methyl sites for hydroxylation is 2. The highest BCUT2D eigenvalue weighted by Crippen LogP contribution is 2.39. The molecule has 8 amide bonds. The number of hydrogen-bond acceptors (Lipinski definition) is 24. The molecule has 0 radical (unpaired) electrons. The second-order valence-corrected chi connectivity index (χ2v) is 27.5. The van der Waals surface area contributed by atoms with E-state index in [4.69, 9.17) is 55.9 Å². The third-order valence-electron chi connectivity index (χ3n) is 17.3. The Morgan fingerprint density at radius 2 is 0.942 bits per heavy atom. The maximum absolute atomic E-state index is 14.8. The zero-order chi connectivity index (χ0) is 76.2. The van der Waals surface area contributed by atoms with Crippen LogP contribution in [0.25, 0.3) is 0 Å². The first-order valence-electron chi connectivity index (χ1n) is 35.0. The first-order valence-corrected chi connectivity index (χ1v) is 37.0. The van der Waals surface area contributed by atoms with E-state index in [1.165, 1.54) is 50.2 Å². The first-order chi connectivity index (χ1) is 49.3. The fourth-order valence-electron chi connectivity index (χ4n) is 12.3. The predicted octanol–water partition coefficient (Wildman–Crippen LogP) is 9.33. The number of benzene rings is 2. The number of ether oxygens (including phenoxy) is 9. The van der Waals surface area contributed by atoms with Crippen molar-refractivity contribution in [2.45, 2.75) is 188 Å². The van der Waals surface area contributed by atoms with Crippen molar-refractivity contribution in [1.82, 2.24) is 20.0 Å². The van der Waals surface area contributed by atoms with Gasteiger partial charge in [0.15, 0.2) is 0 Å². The van der Waals surface area contributed by atoms with Gasteiger partial charge in [0.1, 0.15) is 37.4 Å². The molecule has 2 aliphatic carbocycles. The van der Waals surface area contributed by atoms with E-state index in [1.807, 2.05) is 0 Å². The van der Waals surface area contributed by atoms with Crippen LogP contribution >= 0.6 is 0 Å². The van der Waals surface area contributed by atoms with Gasteiger partial charge < -0.3 is 86.6 Å². The van der Waals surface area contributed by atoms with Crippen molar-refractivity contribution in [3.05, 3.63) is 60.2 Å². The highest BCUT2D eigenvalue weighted by molar-refractivity contribution is 6.60. The van der Waals surface area contributed by atoms with E-state index in [0.717, 1.165) is 17.4 Å². The minimum atomic E-state index is -3.13. The highest BCUT2D eigenvalue weighted by atomic mass is 28.4. The molecule has 2 fully saturated rings. The highest BCUT2D eigenvalue weighted by Gasteiger charge is 2.44. The van der Waals surface area contributed by atoms with Gasteiger partial charge in [-0.3, -0.25) is 25.0 Å². The van der Waals surface area contributed by atoms with Crippen LogP contribution in [0.1, 0.15) is 143 Å². The molecular formula is C70H106N8O24Si. The number of urea groups is 3. The number of rotatable bonds is 40. The molecule has 32 nitrogen and oxygen atoms in total. The topological polar surface area (TPSA) is 385 Å². The fourth-order valence-corrected chi connectivity index (χ4v) is 14.0. The molecule has 0 aliphatic heterocycles. The molecule has 0 bridgehead atoms. The molecule has 4 unspecified atom stereocenters. The largest absolute Gasteiger partial charge is 0.500 e. The Balaban J connectivity index is 1.44. The SMILES string of the molecule is C=CC(=O)OCCNC(=O)N(C1CCC(CC2CCC(N(C(=O)Nc3ccc(C)c(NC(=O)OC(C)COC(=O)Nc4cc(NC(=O)N(CCC[Si](OC)(OC)OC)C(CC(=O)OCC)C(=O)OCC)ccc4C)c3)C(CC(=O)OCC)C(=O)OCC)CC2)CC1)C(CC(=O)OCC)C(=O)OCC. The Morgan fingerprint density at radius 3 is 1.38 bits per heavy atom. The maximum atomic E-state index is 14.8. The first kappa shape index (κ1) is 86.3. The molecule has 4 atom stereocenters. The van der Waals surface area contributed by atoms with Crippen LogP contribution in [-0.2, 0) is 89.5 Å². The normalized spacial score (nSPS) is 16.7. The summed E-state index contributed by atoms with van der Waals surface area (Å²) < 4.78 is 64.3. The average Bonchev–Trinajstić information content (AvgIpc) is 0.818. The number of carbonyl (C=O) groups excluding carboxylic acids is 12. The predicted molar refractivity (Wildman–Crippen MR) is 377 cm³/mol. The second kappa shape index (κ2) is 45.1. The Labute approximate surface area is 603 Å². The van der Waals surface area contributed by atoms with Crippen molar-refractivity contribution in [3.8, 4) is 0 Å². The van der Waals surface area contributed by atoms with Crippen LogP contribution in [-0.4, -0.2) is 219 Å². The summed E-state index contributed by atoms with van der Waals surface area (Å²) in [5.74, 6) is -4.79. The van der Waals surface area contributed by atoms with Gasteiger partial charge in [0.2, 0.25) is 0 Å². The van der Waals surface area contributed by atoms with Crippen LogP contribution < -0.4 is 26.6 Å². The Kier molecular flexibility index (Phi) is 37.8. The number of nitrogens with one attached hydrogen (secondary N) is 5. The van der Waals surface area contributed by atoms with E-state index in [2.05, 4.69) is 33.2 Å². The van der Waals surface area contributed by atoms with E-state index in [0.29, 0.717) is 62.5 Å². The zero-order valence-electron chi connectivity index (χ0n) is 61.5. The molecule has 2 aromatic rings. The lowest BCUT2D eigenvalue weighted by molar-refractivity contribution is -0.156. The van der Waals surface area contributed by atoms with E-state index in [9.17, 15) is 57.5 Å². The average molecular weight is 1470 g/mol. The van der Waals surface area contributed by atoms with Crippen molar-refractivity contribution in [1.29, 1.82) is 0 Å². The monoisotopic (exact) mass is 1470 g/mol. The smallest absolute Gasteiger partial charge is 0.466 e. The van der Waals surface area contributed by atoms with E-state index in [-0.39, 0.29) is 106 Å². The lowest BCUT2D eigenvalue weighted by Gasteiger charge is -2.42. The van der Waals surface area contributed by atoms with Gasteiger partial charge in [-0.15, -0.1) is 0 Å². The lowest BCUT2D eigenvalue weighted by Crippen LogP contribution is -2.56. The lowest BCUT2D eigenvalue weighted by atomic mass is 9.75. The molecule has 2 saturated carbocycles. The Morgan fingerprint density at radius 1 is 0.524 bits per heavy atom. The summed E-state index contributed by atoms with van der Waals surface area (Å²) in [5.41, 5.74) is 1.97. The summed E-state index contributed by atoms with van der Waals surface area (Å²) >= 11 is 0. The van der Waals surface area contributed by atoms with Gasteiger partial charge in [0.05, 0.1) is 65.4 Å². The number of nitrogens with zero attached hydrogens (tertiary/aromatic N) is 3. The van der Waals surface area contributed by atoms with E-state index < -0.39 is 143 Å². The Bertz CT molecular complexity index is 3150. The molecule has 574 valence electrons. The number of hydrogen-bond donors (Lipinski definition) is 5. The molecule has 0 aromatic heterocycles. The number of carbonyl (C=O) groups is 12. The molecule has 0 spiro atoms. The van der Waals surface area contributed by atoms with Gasteiger partial charge in [-0.25, -0.2) is 43.2 Å². The van der Waals surface area contributed by atoms with E-state index >= 15 is 0 Å². The van der Waals surface area contributed by atoms with Crippen molar-refractivity contribution in [2.75, 3.05) is 109 Å². The number of amides is 8. The summed E-state index contributed by atoms with van der Waals surface area (Å²) in [6.07, 6.45) is 2.27. The molecule has 0 heterocycles. The molecule has 0 saturated heterocycles. The van der Waals surface area contributed by atoms with Crippen molar-refractivity contribution in [2.24, 2.45) is 11.8 Å².